The van der Waals surface area contributed by atoms with Gasteiger partial charge in [-0.1, -0.05) is 11.6 Å². The first-order chi connectivity index (χ1) is 15.9. The van der Waals surface area contributed by atoms with E-state index < -0.39 is 78.0 Å². The second kappa shape index (κ2) is 8.79. The van der Waals surface area contributed by atoms with Crippen molar-refractivity contribution in [3.05, 3.63) is 63.2 Å². The molecule has 0 aliphatic carbocycles. The Bertz CT molecular complexity index is 1750. The quantitative estimate of drug-likeness (QED) is 0.191. The molecule has 186 valence electrons. The molecule has 0 saturated heterocycles. The van der Waals surface area contributed by atoms with Crippen LogP contribution in [0.15, 0.2) is 57.2 Å². The minimum absolute atomic E-state index is 0.291. The van der Waals surface area contributed by atoms with Gasteiger partial charge in [0.1, 0.15) is 14.8 Å². The van der Waals surface area contributed by atoms with Crippen molar-refractivity contribution in [2.75, 3.05) is 5.32 Å². The molecule has 0 aliphatic heterocycles. The average Bonchev–Trinajstić information content (AvgIpc) is 2.70. The van der Waals surface area contributed by atoms with Crippen molar-refractivity contribution in [2.24, 2.45) is 0 Å². The van der Waals surface area contributed by atoms with Crippen LogP contribution in [0.4, 0.5) is 11.4 Å². The van der Waals surface area contributed by atoms with Gasteiger partial charge in [0, 0.05) is 22.4 Å². The van der Waals surface area contributed by atoms with E-state index in [4.69, 9.17) is 11.6 Å². The number of rotatable bonds is 6. The summed E-state index contributed by atoms with van der Waals surface area (Å²) in [6, 6.07) is 5.20. The summed E-state index contributed by atoms with van der Waals surface area (Å²) in [7, 11) is -15.6. The molecule has 0 spiro atoms. The zero-order chi connectivity index (χ0) is 26.5. The fourth-order valence-electron chi connectivity index (χ4n) is 3.06. The van der Waals surface area contributed by atoms with Gasteiger partial charge < -0.3 is 5.32 Å². The SMILES string of the molecule is O=C(Nc1ccc(S(=O)(=O)O)c2cc(S(=O)(=O)O)cc(S(=O)(=O)O)c12)c1ccc(Cl)c([N+](=O)[O-])c1. The highest BCUT2D eigenvalue weighted by atomic mass is 35.5. The first-order valence-corrected chi connectivity index (χ1v) is 13.4. The first-order valence-electron chi connectivity index (χ1n) is 8.70. The predicted octanol–water partition coefficient (Wildman–Crippen LogP) is 2.39. The highest BCUT2D eigenvalue weighted by molar-refractivity contribution is 7.87. The van der Waals surface area contributed by atoms with Gasteiger partial charge in [0.05, 0.1) is 15.5 Å². The van der Waals surface area contributed by atoms with Crippen molar-refractivity contribution < 1.29 is 48.6 Å². The van der Waals surface area contributed by atoms with Crippen molar-refractivity contribution in [2.45, 2.75) is 14.7 Å². The Morgan fingerprint density at radius 3 is 1.97 bits per heavy atom. The van der Waals surface area contributed by atoms with Crippen molar-refractivity contribution in [1.82, 2.24) is 0 Å². The zero-order valence-corrected chi connectivity index (χ0v) is 19.8. The normalized spacial score (nSPS) is 12.5. The Morgan fingerprint density at radius 1 is 0.857 bits per heavy atom. The number of nitrogens with one attached hydrogen (secondary N) is 1. The van der Waals surface area contributed by atoms with Crippen LogP contribution in [-0.4, -0.2) is 49.7 Å². The summed E-state index contributed by atoms with van der Waals surface area (Å²) in [5.41, 5.74) is -1.48. The van der Waals surface area contributed by atoms with Gasteiger partial charge in [0.15, 0.2) is 0 Å². The molecule has 0 saturated carbocycles. The predicted molar refractivity (Wildman–Crippen MR) is 119 cm³/mol. The molecule has 0 heterocycles. The third kappa shape index (κ3) is 5.40. The van der Waals surface area contributed by atoms with Crippen LogP contribution in [0.2, 0.25) is 5.02 Å². The number of hydrogen-bond donors (Lipinski definition) is 4. The van der Waals surface area contributed by atoms with E-state index in [9.17, 15) is 53.8 Å². The molecule has 0 aromatic heterocycles. The molecule has 18 heteroatoms. The number of nitro benzene ring substituents is 1. The minimum atomic E-state index is -5.33. The van der Waals surface area contributed by atoms with Crippen LogP contribution in [0.25, 0.3) is 10.8 Å². The smallest absolute Gasteiger partial charge is 0.295 e. The van der Waals surface area contributed by atoms with Crippen LogP contribution >= 0.6 is 11.6 Å². The second-order valence-corrected chi connectivity index (χ2v) is 11.4. The van der Waals surface area contributed by atoms with Crippen LogP contribution in [-0.2, 0) is 30.4 Å². The molecule has 3 aromatic rings. The lowest BCUT2D eigenvalue weighted by Crippen LogP contribution is -2.14. The third-order valence-electron chi connectivity index (χ3n) is 4.52. The zero-order valence-electron chi connectivity index (χ0n) is 16.6. The third-order valence-corrected chi connectivity index (χ3v) is 7.46. The summed E-state index contributed by atoms with van der Waals surface area (Å²) in [4.78, 5) is 19.5. The Labute approximate surface area is 201 Å². The topological polar surface area (TPSA) is 235 Å². The van der Waals surface area contributed by atoms with Gasteiger partial charge in [0.25, 0.3) is 41.9 Å². The lowest BCUT2D eigenvalue weighted by molar-refractivity contribution is -0.384. The summed E-state index contributed by atoms with van der Waals surface area (Å²) in [5.74, 6) is -1.08. The standard InChI is InChI=1S/C17H11ClN2O12S3/c18-11-2-1-8(5-13(11)20(22)23)17(21)19-12-3-4-14(34(27,28)29)10-6-9(33(24,25)26)7-15(16(10)12)35(30,31)32/h1-7H,(H,19,21)(H,24,25,26)(H,27,28,29)(H,30,31,32). The van der Waals surface area contributed by atoms with E-state index in [-0.39, 0.29) is 10.6 Å². The molecule has 0 aliphatic rings. The number of halogens is 1. The van der Waals surface area contributed by atoms with E-state index in [0.29, 0.717) is 18.2 Å². The van der Waals surface area contributed by atoms with Crippen LogP contribution in [0.5, 0.6) is 0 Å². The second-order valence-electron chi connectivity index (χ2n) is 6.76. The Kier molecular flexibility index (Phi) is 6.63. The lowest BCUT2D eigenvalue weighted by Gasteiger charge is -2.15. The van der Waals surface area contributed by atoms with E-state index in [1.165, 1.54) is 0 Å². The summed E-state index contributed by atoms with van der Waals surface area (Å²) in [6.07, 6.45) is 0. The highest BCUT2D eigenvalue weighted by Gasteiger charge is 2.27. The Balaban J connectivity index is 2.37. The van der Waals surface area contributed by atoms with Crippen LogP contribution in [0.1, 0.15) is 10.4 Å². The van der Waals surface area contributed by atoms with Crippen LogP contribution in [0, 0.1) is 10.1 Å². The summed E-state index contributed by atoms with van der Waals surface area (Å²) in [6.45, 7) is 0. The number of fused-ring (bicyclic) bond motifs is 1. The minimum Gasteiger partial charge on any atom is -0.321 e. The number of carbonyl (C=O) groups excluding carboxylic acids is 1. The number of amides is 1. The van der Waals surface area contributed by atoms with E-state index in [0.717, 1.165) is 24.3 Å². The van der Waals surface area contributed by atoms with Crippen molar-refractivity contribution in [3.8, 4) is 0 Å². The summed E-state index contributed by atoms with van der Waals surface area (Å²) >= 11 is 5.70. The molecule has 0 atom stereocenters. The molecule has 14 nitrogen and oxygen atoms in total. The van der Waals surface area contributed by atoms with Gasteiger partial charge in [-0.2, -0.15) is 25.3 Å². The molecule has 35 heavy (non-hydrogen) atoms. The van der Waals surface area contributed by atoms with E-state index >= 15 is 0 Å². The number of benzene rings is 3. The lowest BCUT2D eigenvalue weighted by atomic mass is 10.1. The molecule has 0 bridgehead atoms. The largest absolute Gasteiger partial charge is 0.321 e. The molecular weight excluding hydrogens is 556 g/mol. The molecule has 3 rings (SSSR count). The summed E-state index contributed by atoms with van der Waals surface area (Å²) in [5, 5.41) is 11.4. The maximum absolute atomic E-state index is 12.7. The van der Waals surface area contributed by atoms with Gasteiger partial charge in [-0.3, -0.25) is 28.6 Å². The molecule has 1 amide bonds. The van der Waals surface area contributed by atoms with Crippen LogP contribution < -0.4 is 5.32 Å². The average molecular weight is 567 g/mol. The maximum atomic E-state index is 12.7. The summed E-state index contributed by atoms with van der Waals surface area (Å²) < 4.78 is 99.4. The van der Waals surface area contributed by atoms with Crippen LogP contribution in [0.3, 0.4) is 0 Å². The van der Waals surface area contributed by atoms with Gasteiger partial charge in [-0.15, -0.1) is 0 Å². The van der Waals surface area contributed by atoms with Gasteiger partial charge in [-0.05, 0) is 36.4 Å². The molecule has 0 fully saturated rings. The fourth-order valence-corrected chi connectivity index (χ4v) is 5.29. The van der Waals surface area contributed by atoms with Gasteiger partial charge >= 0.3 is 0 Å². The molecule has 0 radical (unpaired) electrons. The first kappa shape index (κ1) is 26.4. The number of nitro groups is 1. The van der Waals surface area contributed by atoms with Crippen molar-refractivity contribution in [1.29, 1.82) is 0 Å². The van der Waals surface area contributed by atoms with Gasteiger partial charge in [-0.25, -0.2) is 0 Å². The van der Waals surface area contributed by atoms with Crippen molar-refractivity contribution in [3.63, 3.8) is 0 Å². The monoisotopic (exact) mass is 566 g/mol. The molecule has 4 N–H and O–H groups in total. The number of hydrogen-bond acceptors (Lipinski definition) is 9. The van der Waals surface area contributed by atoms with E-state index in [1.807, 2.05) is 0 Å². The Morgan fingerprint density at radius 2 is 1.46 bits per heavy atom. The highest BCUT2D eigenvalue weighted by Crippen LogP contribution is 2.37. The van der Waals surface area contributed by atoms with Crippen molar-refractivity contribution >= 4 is 70.0 Å². The number of anilines is 1. The fraction of sp³-hybridized carbons (Fsp3) is 0. The Hall–Kier alpha value is -3.19. The molecule has 3 aromatic carbocycles. The van der Waals surface area contributed by atoms with Gasteiger partial charge in [0.2, 0.25) is 0 Å². The molecule has 0 unspecified atom stereocenters. The maximum Gasteiger partial charge on any atom is 0.295 e. The van der Waals surface area contributed by atoms with E-state index in [2.05, 4.69) is 5.32 Å². The van der Waals surface area contributed by atoms with E-state index in [1.54, 1.807) is 0 Å². The number of nitrogens with zero attached hydrogens (tertiary/aromatic N) is 1. The number of carbonyl (C=O) groups is 1. The molecular formula is C17H11ClN2O12S3.